The van der Waals surface area contributed by atoms with Crippen LogP contribution in [-0.2, 0) is 14.6 Å². The molecule has 1 amide bonds. The zero-order valence-electron chi connectivity index (χ0n) is 12.7. The lowest BCUT2D eigenvalue weighted by Crippen LogP contribution is -2.46. The molecule has 0 radical (unpaired) electrons. The van der Waals surface area contributed by atoms with Crippen molar-refractivity contribution in [2.24, 2.45) is 0 Å². The Bertz CT molecular complexity index is 558. The number of rotatable bonds is 5. The van der Waals surface area contributed by atoms with Crippen molar-refractivity contribution in [3.8, 4) is 0 Å². The Labute approximate surface area is 126 Å². The maximum Gasteiger partial charge on any atom is 0.240 e. The number of hydrogen-bond acceptors (Lipinski definition) is 3. The summed E-state index contributed by atoms with van der Waals surface area (Å²) in [5, 5.41) is -0.916. The molecule has 1 aliphatic rings. The summed E-state index contributed by atoms with van der Waals surface area (Å²) in [5.41, 5.74) is 0. The monoisotopic (exact) mass is 312 g/mol. The second kappa shape index (κ2) is 6.64. The van der Waals surface area contributed by atoms with Crippen molar-refractivity contribution in [1.82, 2.24) is 9.47 Å². The van der Waals surface area contributed by atoms with E-state index in [0.29, 0.717) is 25.6 Å². The molecule has 1 atom stereocenters. The number of nitrogens with zero attached hydrogens (tertiary/aromatic N) is 2. The Balaban J connectivity index is 1.94. The number of carbonyl (C=O) groups excluding carboxylic acids is 1. The molecule has 0 aliphatic carbocycles. The first-order valence-electron chi connectivity index (χ1n) is 7.58. The molecule has 118 valence electrons. The van der Waals surface area contributed by atoms with Crippen molar-refractivity contribution in [1.29, 1.82) is 0 Å². The molecule has 5 nitrogen and oxygen atoms in total. The fraction of sp³-hybridized carbons (Fsp3) is 0.667. The van der Waals surface area contributed by atoms with Crippen molar-refractivity contribution in [3.63, 3.8) is 0 Å². The van der Waals surface area contributed by atoms with Gasteiger partial charge in [0.2, 0.25) is 5.91 Å². The van der Waals surface area contributed by atoms with E-state index in [9.17, 15) is 13.2 Å². The molecule has 2 rings (SSSR count). The Kier molecular flexibility index (Phi) is 5.08. The number of amides is 1. The molecule has 0 bridgehead atoms. The molecule has 0 N–H and O–H groups in total. The zero-order valence-corrected chi connectivity index (χ0v) is 13.6. The predicted molar refractivity (Wildman–Crippen MR) is 82.8 cm³/mol. The van der Waals surface area contributed by atoms with Gasteiger partial charge in [0, 0.05) is 31.5 Å². The van der Waals surface area contributed by atoms with Crippen molar-refractivity contribution >= 4 is 15.7 Å². The van der Waals surface area contributed by atoms with Crippen molar-refractivity contribution in [2.45, 2.75) is 44.4 Å². The number of piperidine rings is 1. The summed E-state index contributed by atoms with van der Waals surface area (Å²) < 4.78 is 26.2. The van der Waals surface area contributed by atoms with Gasteiger partial charge in [-0.05, 0) is 38.3 Å². The average Bonchev–Trinajstić information content (AvgIpc) is 3.00. The van der Waals surface area contributed by atoms with Gasteiger partial charge in [-0.25, -0.2) is 8.42 Å². The lowest BCUT2D eigenvalue weighted by atomic mass is 10.0. The van der Waals surface area contributed by atoms with E-state index in [4.69, 9.17) is 0 Å². The Morgan fingerprint density at radius 1 is 1.24 bits per heavy atom. The van der Waals surface area contributed by atoms with Gasteiger partial charge in [-0.3, -0.25) is 4.79 Å². The van der Waals surface area contributed by atoms with Gasteiger partial charge in [-0.1, -0.05) is 6.92 Å². The van der Waals surface area contributed by atoms with Crippen LogP contribution in [0.4, 0.5) is 0 Å². The highest BCUT2D eigenvalue weighted by Gasteiger charge is 2.32. The molecule has 2 heterocycles. The summed E-state index contributed by atoms with van der Waals surface area (Å²) >= 11 is 0. The van der Waals surface area contributed by atoms with Crippen molar-refractivity contribution in [3.05, 3.63) is 24.5 Å². The molecule has 0 aromatic carbocycles. The van der Waals surface area contributed by atoms with Crippen LogP contribution in [0, 0.1) is 0 Å². The molecule has 0 saturated carbocycles. The van der Waals surface area contributed by atoms with Crippen LogP contribution in [0.15, 0.2) is 24.5 Å². The SMILES string of the molecule is CCCS(=O)(=O)[C@H](C)C(=O)N1CCC(n2cccc2)CC1. The Hall–Kier alpha value is -1.30. The predicted octanol–water partition coefficient (Wildman–Crippen LogP) is 1.86. The fourth-order valence-corrected chi connectivity index (χ4v) is 4.23. The van der Waals surface area contributed by atoms with Crippen molar-refractivity contribution < 1.29 is 13.2 Å². The van der Waals surface area contributed by atoms with Crippen LogP contribution < -0.4 is 0 Å². The first kappa shape index (κ1) is 16.1. The average molecular weight is 312 g/mol. The Morgan fingerprint density at radius 2 is 1.81 bits per heavy atom. The van der Waals surface area contributed by atoms with Gasteiger partial charge in [-0.15, -0.1) is 0 Å². The van der Waals surface area contributed by atoms with Crippen LogP contribution in [0.5, 0.6) is 0 Å². The lowest BCUT2D eigenvalue weighted by Gasteiger charge is -2.34. The Morgan fingerprint density at radius 3 is 2.33 bits per heavy atom. The highest BCUT2D eigenvalue weighted by Crippen LogP contribution is 2.23. The standard InChI is InChI=1S/C15H24N2O3S/c1-3-12-21(19,20)13(2)15(18)17-10-6-14(7-11-17)16-8-4-5-9-16/h4-5,8-9,13-14H,3,6-7,10-12H2,1-2H3/t13-/m1/s1. The smallest absolute Gasteiger partial charge is 0.240 e. The number of carbonyl (C=O) groups is 1. The minimum Gasteiger partial charge on any atom is -0.351 e. The van der Waals surface area contributed by atoms with Crippen LogP contribution in [0.1, 0.15) is 39.2 Å². The molecular weight excluding hydrogens is 288 g/mol. The van der Waals surface area contributed by atoms with Gasteiger partial charge < -0.3 is 9.47 Å². The molecule has 1 fully saturated rings. The maximum atomic E-state index is 12.4. The third kappa shape index (κ3) is 3.67. The summed E-state index contributed by atoms with van der Waals surface area (Å²) in [6.07, 6.45) is 6.38. The van der Waals surface area contributed by atoms with Crippen LogP contribution in [0.2, 0.25) is 0 Å². The first-order valence-corrected chi connectivity index (χ1v) is 9.30. The first-order chi connectivity index (χ1) is 9.95. The quantitative estimate of drug-likeness (QED) is 0.834. The van der Waals surface area contributed by atoms with Crippen LogP contribution in [0.3, 0.4) is 0 Å². The minimum atomic E-state index is -3.31. The third-order valence-corrected chi connectivity index (χ3v) is 6.46. The maximum absolute atomic E-state index is 12.4. The number of aromatic nitrogens is 1. The number of sulfone groups is 1. The molecule has 0 spiro atoms. The highest BCUT2D eigenvalue weighted by atomic mass is 32.2. The third-order valence-electron chi connectivity index (χ3n) is 4.20. The molecule has 1 aromatic rings. The van der Waals surface area contributed by atoms with E-state index >= 15 is 0 Å². The van der Waals surface area contributed by atoms with Gasteiger partial charge in [0.1, 0.15) is 5.25 Å². The van der Waals surface area contributed by atoms with Gasteiger partial charge >= 0.3 is 0 Å². The fourth-order valence-electron chi connectivity index (χ4n) is 2.85. The normalized spacial score (nSPS) is 18.7. The van der Waals surface area contributed by atoms with E-state index in [-0.39, 0.29) is 11.7 Å². The largest absolute Gasteiger partial charge is 0.351 e. The van der Waals surface area contributed by atoms with Crippen molar-refractivity contribution in [2.75, 3.05) is 18.8 Å². The van der Waals surface area contributed by atoms with Gasteiger partial charge in [0.05, 0.1) is 5.75 Å². The molecule has 0 unspecified atom stereocenters. The minimum absolute atomic E-state index is 0.0831. The van der Waals surface area contributed by atoms with Crippen LogP contribution in [0.25, 0.3) is 0 Å². The van der Waals surface area contributed by atoms with E-state index in [1.54, 1.807) is 4.90 Å². The topological polar surface area (TPSA) is 59.4 Å². The molecule has 6 heteroatoms. The molecular formula is C15H24N2O3S. The molecule has 1 aliphatic heterocycles. The van der Waals surface area contributed by atoms with Gasteiger partial charge in [0.15, 0.2) is 9.84 Å². The molecule has 1 aromatic heterocycles. The van der Waals surface area contributed by atoms with E-state index in [1.165, 1.54) is 6.92 Å². The number of likely N-dealkylation sites (tertiary alicyclic amines) is 1. The second-order valence-electron chi connectivity index (χ2n) is 5.70. The lowest BCUT2D eigenvalue weighted by molar-refractivity contribution is -0.131. The summed E-state index contributed by atoms with van der Waals surface area (Å²) in [7, 11) is -3.31. The van der Waals surface area contributed by atoms with E-state index in [0.717, 1.165) is 12.8 Å². The van der Waals surface area contributed by atoms with E-state index in [1.807, 2.05) is 31.5 Å². The molecule has 1 saturated heterocycles. The zero-order chi connectivity index (χ0) is 15.5. The summed E-state index contributed by atoms with van der Waals surface area (Å²) in [6, 6.07) is 4.40. The number of hydrogen-bond donors (Lipinski definition) is 0. The second-order valence-corrected chi connectivity index (χ2v) is 8.14. The van der Waals surface area contributed by atoms with Crippen LogP contribution >= 0.6 is 0 Å². The summed E-state index contributed by atoms with van der Waals surface area (Å²) in [5.74, 6) is -0.158. The summed E-state index contributed by atoms with van der Waals surface area (Å²) in [4.78, 5) is 14.1. The van der Waals surface area contributed by atoms with E-state index in [2.05, 4.69) is 4.57 Å². The molecule has 21 heavy (non-hydrogen) atoms. The van der Waals surface area contributed by atoms with Crippen LogP contribution in [-0.4, -0.2) is 47.9 Å². The van der Waals surface area contributed by atoms with E-state index < -0.39 is 15.1 Å². The highest BCUT2D eigenvalue weighted by molar-refractivity contribution is 7.92. The van der Waals surface area contributed by atoms with Gasteiger partial charge in [-0.2, -0.15) is 0 Å². The van der Waals surface area contributed by atoms with Gasteiger partial charge in [0.25, 0.3) is 0 Å². The summed E-state index contributed by atoms with van der Waals surface area (Å²) in [6.45, 7) is 4.60.